The van der Waals surface area contributed by atoms with E-state index in [0.29, 0.717) is 5.16 Å². The maximum Gasteiger partial charge on any atom is 0.138 e. The van der Waals surface area contributed by atoms with Crippen LogP contribution in [0.1, 0.15) is 0 Å². The third kappa shape index (κ3) is 1.39. The lowest BCUT2D eigenvalue weighted by molar-refractivity contribution is 0.920. The first-order valence-corrected chi connectivity index (χ1v) is 2.90. The van der Waals surface area contributed by atoms with Gasteiger partial charge < -0.3 is 5.32 Å². The van der Waals surface area contributed by atoms with E-state index in [1.165, 1.54) is 6.20 Å². The Kier molecular flexibility index (Phi) is 1.76. The van der Waals surface area contributed by atoms with Crippen molar-refractivity contribution in [1.82, 2.24) is 5.32 Å². The van der Waals surface area contributed by atoms with Gasteiger partial charge in [0, 0.05) is 6.21 Å². The van der Waals surface area contributed by atoms with Gasteiger partial charge in [-0.25, -0.2) is 0 Å². The summed E-state index contributed by atoms with van der Waals surface area (Å²) in [5.74, 6) is 0. The Morgan fingerprint density at radius 3 is 2.88 bits per heavy atom. The highest BCUT2D eigenvalue weighted by Gasteiger charge is 2.02. The standard InChI is InChI=1S/C4H4Cl2N2/c5-3-1-7-2-4(6)8-3/h1-3,8H. The highest BCUT2D eigenvalue weighted by atomic mass is 35.5. The molecule has 0 aromatic carbocycles. The fraction of sp³-hybridized carbons (Fsp3) is 0.250. The Balaban J connectivity index is 2.59. The SMILES string of the molecule is ClC1=CN=CC(Cl)N1. The number of hydrogen-bond donors (Lipinski definition) is 1. The molecular formula is C4H4Cl2N2. The topological polar surface area (TPSA) is 24.4 Å². The van der Waals surface area contributed by atoms with E-state index >= 15 is 0 Å². The van der Waals surface area contributed by atoms with E-state index < -0.39 is 0 Å². The van der Waals surface area contributed by atoms with Gasteiger partial charge in [0.05, 0.1) is 6.20 Å². The van der Waals surface area contributed by atoms with Crippen molar-refractivity contribution in [3.8, 4) is 0 Å². The highest BCUT2D eigenvalue weighted by molar-refractivity contribution is 6.32. The zero-order valence-corrected chi connectivity index (χ0v) is 5.45. The molecule has 1 aliphatic rings. The molecule has 0 aromatic heterocycles. The summed E-state index contributed by atoms with van der Waals surface area (Å²) in [6.45, 7) is 0. The highest BCUT2D eigenvalue weighted by Crippen LogP contribution is 2.03. The summed E-state index contributed by atoms with van der Waals surface area (Å²) in [4.78, 5) is 3.73. The van der Waals surface area contributed by atoms with E-state index in [9.17, 15) is 0 Å². The van der Waals surface area contributed by atoms with Gasteiger partial charge in [0.2, 0.25) is 0 Å². The quantitative estimate of drug-likeness (QED) is 0.409. The fourth-order valence-corrected chi connectivity index (χ4v) is 0.803. The number of nitrogens with zero attached hydrogens (tertiary/aromatic N) is 1. The number of nitrogens with one attached hydrogen (secondary N) is 1. The van der Waals surface area contributed by atoms with Gasteiger partial charge in [-0.15, -0.1) is 0 Å². The average molecular weight is 151 g/mol. The van der Waals surface area contributed by atoms with Crippen LogP contribution in [0.25, 0.3) is 0 Å². The smallest absolute Gasteiger partial charge is 0.138 e. The molecule has 0 aromatic rings. The number of rotatable bonds is 0. The zero-order valence-electron chi connectivity index (χ0n) is 3.94. The Hall–Kier alpha value is -0.210. The van der Waals surface area contributed by atoms with Gasteiger partial charge in [-0.2, -0.15) is 0 Å². The molecule has 0 saturated carbocycles. The minimum atomic E-state index is -0.257. The number of hydrogen-bond acceptors (Lipinski definition) is 2. The van der Waals surface area contributed by atoms with Gasteiger partial charge in [0.1, 0.15) is 10.7 Å². The van der Waals surface area contributed by atoms with E-state index in [0.717, 1.165) is 0 Å². The third-order valence-electron chi connectivity index (χ3n) is 0.681. The summed E-state index contributed by atoms with van der Waals surface area (Å²) in [6.07, 6.45) is 3.06. The maximum absolute atomic E-state index is 5.53. The summed E-state index contributed by atoms with van der Waals surface area (Å²) in [5, 5.41) is 3.20. The van der Waals surface area contributed by atoms with E-state index in [4.69, 9.17) is 23.2 Å². The summed E-state index contributed by atoms with van der Waals surface area (Å²) in [7, 11) is 0. The first-order chi connectivity index (χ1) is 3.79. The van der Waals surface area contributed by atoms with Crippen LogP contribution in [-0.2, 0) is 0 Å². The van der Waals surface area contributed by atoms with E-state index in [-0.39, 0.29) is 5.50 Å². The molecule has 1 aliphatic heterocycles. The molecule has 44 valence electrons. The fourth-order valence-electron chi connectivity index (χ4n) is 0.390. The molecule has 4 heteroatoms. The number of aliphatic imine (C=N–C) groups is 1. The zero-order chi connectivity index (χ0) is 5.98. The lowest BCUT2D eigenvalue weighted by atomic mass is 10.6. The summed E-state index contributed by atoms with van der Waals surface area (Å²) >= 11 is 11.0. The Morgan fingerprint density at radius 2 is 2.50 bits per heavy atom. The van der Waals surface area contributed by atoms with E-state index in [1.54, 1.807) is 6.21 Å². The molecule has 1 N–H and O–H groups in total. The maximum atomic E-state index is 5.53. The normalized spacial score (nSPS) is 26.8. The second kappa shape index (κ2) is 2.37. The molecule has 1 rings (SSSR count). The van der Waals surface area contributed by atoms with Crippen LogP contribution in [0.15, 0.2) is 16.3 Å². The van der Waals surface area contributed by atoms with Crippen LogP contribution in [0, 0.1) is 0 Å². The van der Waals surface area contributed by atoms with Crippen molar-refractivity contribution in [2.45, 2.75) is 5.50 Å². The van der Waals surface area contributed by atoms with Crippen molar-refractivity contribution in [2.75, 3.05) is 0 Å². The monoisotopic (exact) mass is 150 g/mol. The second-order valence-electron chi connectivity index (χ2n) is 1.32. The molecule has 1 heterocycles. The summed E-state index contributed by atoms with van der Waals surface area (Å²) < 4.78 is 0. The predicted octanol–water partition coefficient (Wildman–Crippen LogP) is 1.26. The molecule has 1 unspecified atom stereocenters. The Bertz CT molecular complexity index is 141. The van der Waals surface area contributed by atoms with Crippen LogP contribution in [0.3, 0.4) is 0 Å². The lowest BCUT2D eigenvalue weighted by Gasteiger charge is -2.08. The second-order valence-corrected chi connectivity index (χ2v) is 2.20. The van der Waals surface area contributed by atoms with Gasteiger partial charge in [-0.05, 0) is 0 Å². The van der Waals surface area contributed by atoms with Gasteiger partial charge in [0.15, 0.2) is 0 Å². The molecule has 1 atom stereocenters. The number of alkyl halides is 1. The third-order valence-corrected chi connectivity index (χ3v) is 1.11. The van der Waals surface area contributed by atoms with Crippen molar-refractivity contribution in [1.29, 1.82) is 0 Å². The largest absolute Gasteiger partial charge is 0.354 e. The van der Waals surface area contributed by atoms with Crippen LogP contribution >= 0.6 is 23.2 Å². The molecule has 2 nitrogen and oxygen atoms in total. The van der Waals surface area contributed by atoms with Crippen LogP contribution in [0.5, 0.6) is 0 Å². The first kappa shape index (κ1) is 5.92. The molecule has 8 heavy (non-hydrogen) atoms. The van der Waals surface area contributed by atoms with Crippen LogP contribution in [0.4, 0.5) is 0 Å². The predicted molar refractivity (Wildman–Crippen MR) is 35.2 cm³/mol. The molecule has 0 aliphatic carbocycles. The molecule has 0 spiro atoms. The van der Waals surface area contributed by atoms with E-state index in [2.05, 4.69) is 10.3 Å². The van der Waals surface area contributed by atoms with Crippen molar-refractivity contribution in [2.24, 2.45) is 4.99 Å². The van der Waals surface area contributed by atoms with E-state index in [1.807, 2.05) is 0 Å². The molecule has 0 fully saturated rings. The first-order valence-electron chi connectivity index (χ1n) is 2.08. The van der Waals surface area contributed by atoms with Crippen molar-refractivity contribution in [3.05, 3.63) is 11.4 Å². The van der Waals surface area contributed by atoms with Crippen LogP contribution in [-0.4, -0.2) is 11.7 Å². The van der Waals surface area contributed by atoms with Crippen LogP contribution in [0.2, 0.25) is 0 Å². The van der Waals surface area contributed by atoms with Crippen molar-refractivity contribution < 1.29 is 0 Å². The molecule has 0 saturated heterocycles. The number of halogens is 2. The average Bonchev–Trinajstić information content (AvgIpc) is 1.64. The Morgan fingerprint density at radius 1 is 1.75 bits per heavy atom. The van der Waals surface area contributed by atoms with Crippen molar-refractivity contribution in [3.63, 3.8) is 0 Å². The van der Waals surface area contributed by atoms with Gasteiger partial charge >= 0.3 is 0 Å². The lowest BCUT2D eigenvalue weighted by Crippen LogP contribution is -2.24. The van der Waals surface area contributed by atoms with Gasteiger partial charge in [-0.3, -0.25) is 4.99 Å². The molecular weight excluding hydrogens is 147 g/mol. The molecule has 0 bridgehead atoms. The minimum Gasteiger partial charge on any atom is -0.354 e. The Labute approximate surface area is 57.2 Å². The van der Waals surface area contributed by atoms with Crippen molar-refractivity contribution >= 4 is 29.4 Å². The summed E-state index contributed by atoms with van der Waals surface area (Å²) in [5.41, 5.74) is -0.257. The summed E-state index contributed by atoms with van der Waals surface area (Å²) in [6, 6.07) is 0. The van der Waals surface area contributed by atoms with Crippen LogP contribution < -0.4 is 5.32 Å². The van der Waals surface area contributed by atoms with Gasteiger partial charge in [-0.1, -0.05) is 23.2 Å². The van der Waals surface area contributed by atoms with Gasteiger partial charge in [0.25, 0.3) is 0 Å². The molecule has 0 radical (unpaired) electrons. The minimum absolute atomic E-state index is 0.257. The molecule has 0 amide bonds.